The topological polar surface area (TPSA) is 61.5 Å². The Bertz CT molecular complexity index is 447. The number of hydrogen-bond acceptors (Lipinski definition) is 4. The van der Waals surface area contributed by atoms with Crippen molar-refractivity contribution in [1.82, 2.24) is 0 Å². The second kappa shape index (κ2) is 7.41. The van der Waals surface area contributed by atoms with Crippen molar-refractivity contribution in [2.24, 2.45) is 5.73 Å². The molecule has 0 bridgehead atoms. The standard InChI is InChI=1S/C16H23NO3/c1-19-16(18)9-12-5-2-3-6-13(12)11-20-15-8-4-7-14(17)10-15/h2-3,5-6,14-15H,4,7-11,17H2,1H3. The van der Waals surface area contributed by atoms with E-state index >= 15 is 0 Å². The van der Waals surface area contributed by atoms with Crippen LogP contribution in [0.4, 0.5) is 0 Å². The van der Waals surface area contributed by atoms with Gasteiger partial charge < -0.3 is 15.2 Å². The minimum absolute atomic E-state index is 0.225. The normalized spacial score (nSPS) is 22.5. The van der Waals surface area contributed by atoms with E-state index in [1.54, 1.807) is 0 Å². The molecule has 2 rings (SSSR count). The Morgan fingerprint density at radius 3 is 2.75 bits per heavy atom. The Hall–Kier alpha value is -1.39. The van der Waals surface area contributed by atoms with Gasteiger partial charge in [0.1, 0.15) is 0 Å². The first kappa shape index (κ1) is 15.0. The van der Waals surface area contributed by atoms with Crippen LogP contribution in [0.5, 0.6) is 0 Å². The van der Waals surface area contributed by atoms with Gasteiger partial charge in [-0.25, -0.2) is 0 Å². The average Bonchev–Trinajstić information content (AvgIpc) is 2.46. The molecule has 0 saturated heterocycles. The fraction of sp³-hybridized carbons (Fsp3) is 0.562. The summed E-state index contributed by atoms with van der Waals surface area (Å²) in [5, 5.41) is 0. The molecule has 2 N–H and O–H groups in total. The summed E-state index contributed by atoms with van der Waals surface area (Å²) in [5.41, 5.74) is 7.99. The lowest BCUT2D eigenvalue weighted by molar-refractivity contribution is -0.139. The monoisotopic (exact) mass is 277 g/mol. The maximum absolute atomic E-state index is 11.4. The van der Waals surface area contributed by atoms with Crippen LogP contribution in [0.1, 0.15) is 36.8 Å². The van der Waals surface area contributed by atoms with Crippen LogP contribution in [-0.4, -0.2) is 25.2 Å². The van der Waals surface area contributed by atoms with Crippen LogP contribution < -0.4 is 5.73 Å². The van der Waals surface area contributed by atoms with Crippen LogP contribution >= 0.6 is 0 Å². The van der Waals surface area contributed by atoms with Gasteiger partial charge in [-0.3, -0.25) is 4.79 Å². The number of carbonyl (C=O) groups excluding carboxylic acids is 1. The quantitative estimate of drug-likeness (QED) is 0.838. The molecule has 1 aliphatic rings. The average molecular weight is 277 g/mol. The van der Waals surface area contributed by atoms with E-state index in [0.29, 0.717) is 13.0 Å². The molecule has 0 aliphatic heterocycles. The highest BCUT2D eigenvalue weighted by atomic mass is 16.5. The zero-order valence-corrected chi connectivity index (χ0v) is 12.0. The van der Waals surface area contributed by atoms with Crippen LogP contribution in [0.15, 0.2) is 24.3 Å². The van der Waals surface area contributed by atoms with E-state index < -0.39 is 0 Å². The van der Waals surface area contributed by atoms with Gasteiger partial charge >= 0.3 is 5.97 Å². The van der Waals surface area contributed by atoms with E-state index in [-0.39, 0.29) is 18.1 Å². The number of methoxy groups -OCH3 is 1. The Morgan fingerprint density at radius 1 is 1.30 bits per heavy atom. The zero-order valence-electron chi connectivity index (χ0n) is 12.0. The highest BCUT2D eigenvalue weighted by Crippen LogP contribution is 2.22. The molecule has 4 nitrogen and oxygen atoms in total. The molecule has 20 heavy (non-hydrogen) atoms. The molecule has 0 radical (unpaired) electrons. The van der Waals surface area contributed by atoms with E-state index in [1.165, 1.54) is 7.11 Å². The Labute approximate surface area is 120 Å². The Balaban J connectivity index is 1.93. The van der Waals surface area contributed by atoms with Gasteiger partial charge in [0, 0.05) is 6.04 Å². The SMILES string of the molecule is COC(=O)Cc1ccccc1COC1CCCC(N)C1. The first-order valence-corrected chi connectivity index (χ1v) is 7.20. The molecule has 0 heterocycles. The summed E-state index contributed by atoms with van der Waals surface area (Å²) in [6, 6.07) is 8.10. The van der Waals surface area contributed by atoms with E-state index in [1.807, 2.05) is 24.3 Å². The van der Waals surface area contributed by atoms with Gasteiger partial charge in [0.2, 0.25) is 0 Å². The van der Waals surface area contributed by atoms with Crippen molar-refractivity contribution in [1.29, 1.82) is 0 Å². The molecule has 0 spiro atoms. The van der Waals surface area contributed by atoms with E-state index in [4.69, 9.17) is 15.2 Å². The third-order valence-electron chi connectivity index (χ3n) is 3.82. The summed E-state index contributed by atoms with van der Waals surface area (Å²) < 4.78 is 10.7. The maximum Gasteiger partial charge on any atom is 0.309 e. The van der Waals surface area contributed by atoms with Crippen molar-refractivity contribution >= 4 is 5.97 Å². The first-order chi connectivity index (χ1) is 9.69. The minimum atomic E-state index is -0.225. The second-order valence-corrected chi connectivity index (χ2v) is 5.38. The van der Waals surface area contributed by atoms with Crippen LogP contribution in [0, 0.1) is 0 Å². The van der Waals surface area contributed by atoms with Gasteiger partial charge in [0.15, 0.2) is 0 Å². The Morgan fingerprint density at radius 2 is 2.05 bits per heavy atom. The van der Waals surface area contributed by atoms with Crippen LogP contribution in [0.25, 0.3) is 0 Å². The predicted molar refractivity (Wildman–Crippen MR) is 77.2 cm³/mol. The van der Waals surface area contributed by atoms with Gasteiger partial charge in [0.05, 0.1) is 26.2 Å². The number of ether oxygens (including phenoxy) is 2. The minimum Gasteiger partial charge on any atom is -0.469 e. The lowest BCUT2D eigenvalue weighted by atomic mass is 9.93. The van der Waals surface area contributed by atoms with Crippen molar-refractivity contribution in [3.05, 3.63) is 35.4 Å². The van der Waals surface area contributed by atoms with Crippen molar-refractivity contribution < 1.29 is 14.3 Å². The molecule has 1 aliphatic carbocycles. The van der Waals surface area contributed by atoms with Crippen LogP contribution in [-0.2, 0) is 27.3 Å². The fourth-order valence-corrected chi connectivity index (χ4v) is 2.64. The smallest absolute Gasteiger partial charge is 0.309 e. The molecular formula is C16H23NO3. The summed E-state index contributed by atoms with van der Waals surface area (Å²) in [5.74, 6) is -0.225. The second-order valence-electron chi connectivity index (χ2n) is 5.38. The first-order valence-electron chi connectivity index (χ1n) is 7.20. The molecule has 0 amide bonds. The largest absolute Gasteiger partial charge is 0.469 e. The van der Waals surface area contributed by atoms with Crippen LogP contribution in [0.2, 0.25) is 0 Å². The van der Waals surface area contributed by atoms with Crippen LogP contribution in [0.3, 0.4) is 0 Å². The summed E-state index contributed by atoms with van der Waals surface area (Å²) in [6.07, 6.45) is 4.77. The number of nitrogens with two attached hydrogens (primary N) is 1. The molecule has 2 atom stereocenters. The van der Waals surface area contributed by atoms with Gasteiger partial charge in [-0.15, -0.1) is 0 Å². The third-order valence-corrected chi connectivity index (χ3v) is 3.82. The molecular weight excluding hydrogens is 254 g/mol. The van der Waals surface area contributed by atoms with Crippen molar-refractivity contribution in [3.8, 4) is 0 Å². The summed E-state index contributed by atoms with van der Waals surface area (Å²) in [6.45, 7) is 0.532. The molecule has 1 aromatic rings. The maximum atomic E-state index is 11.4. The van der Waals surface area contributed by atoms with Gasteiger partial charge in [-0.1, -0.05) is 24.3 Å². The molecule has 1 saturated carbocycles. The summed E-state index contributed by atoms with van der Waals surface area (Å²) >= 11 is 0. The lowest BCUT2D eigenvalue weighted by Gasteiger charge is -2.27. The molecule has 110 valence electrons. The third kappa shape index (κ3) is 4.32. The molecule has 4 heteroatoms. The highest BCUT2D eigenvalue weighted by molar-refractivity contribution is 5.72. The Kier molecular flexibility index (Phi) is 5.56. The summed E-state index contributed by atoms with van der Waals surface area (Å²) in [7, 11) is 1.41. The molecule has 2 unspecified atom stereocenters. The highest BCUT2D eigenvalue weighted by Gasteiger charge is 2.20. The summed E-state index contributed by atoms with van der Waals surface area (Å²) in [4.78, 5) is 11.4. The van der Waals surface area contributed by atoms with Gasteiger partial charge in [0.25, 0.3) is 0 Å². The van der Waals surface area contributed by atoms with E-state index in [9.17, 15) is 4.79 Å². The van der Waals surface area contributed by atoms with Gasteiger partial charge in [-0.2, -0.15) is 0 Å². The van der Waals surface area contributed by atoms with Crippen molar-refractivity contribution in [2.45, 2.75) is 50.9 Å². The van der Waals surface area contributed by atoms with Crippen molar-refractivity contribution in [2.75, 3.05) is 7.11 Å². The predicted octanol–water partition coefficient (Wildman–Crippen LogP) is 2.19. The van der Waals surface area contributed by atoms with E-state index in [0.717, 1.165) is 36.8 Å². The molecule has 0 aromatic heterocycles. The zero-order chi connectivity index (χ0) is 14.4. The number of esters is 1. The number of hydrogen-bond donors (Lipinski definition) is 1. The number of carbonyl (C=O) groups is 1. The van der Waals surface area contributed by atoms with E-state index in [2.05, 4.69) is 0 Å². The molecule has 1 aromatic carbocycles. The van der Waals surface area contributed by atoms with Crippen molar-refractivity contribution in [3.63, 3.8) is 0 Å². The van der Waals surface area contributed by atoms with Gasteiger partial charge in [-0.05, 0) is 36.8 Å². The number of benzene rings is 1. The fourth-order valence-electron chi connectivity index (χ4n) is 2.64. The lowest BCUT2D eigenvalue weighted by Crippen LogP contribution is -2.32. The molecule has 1 fully saturated rings. The number of rotatable bonds is 5.